The SMILES string of the molecule is C=C[Si]1(C=C)CCCCO1.[Pt]. The smallest absolute Gasteiger partial charge is 0.240 e. The molecule has 0 atom stereocenters. The van der Waals surface area contributed by atoms with Gasteiger partial charge in [0, 0.05) is 27.7 Å². The minimum absolute atomic E-state index is 0. The predicted molar refractivity (Wildman–Crippen MR) is 46.1 cm³/mol. The van der Waals surface area contributed by atoms with Crippen LogP contribution in [-0.4, -0.2) is 14.9 Å². The fraction of sp³-hybridized carbons (Fsp3) is 0.500. The molecule has 0 saturated carbocycles. The molecule has 1 saturated heterocycles. The van der Waals surface area contributed by atoms with Crippen molar-refractivity contribution in [2.24, 2.45) is 0 Å². The fourth-order valence-corrected chi connectivity index (χ4v) is 3.52. The third-order valence-electron chi connectivity index (χ3n) is 2.02. The monoisotopic (exact) mass is 349 g/mol. The van der Waals surface area contributed by atoms with Crippen LogP contribution in [0.4, 0.5) is 0 Å². The molecule has 1 nitrogen and oxygen atoms in total. The van der Waals surface area contributed by atoms with E-state index in [0.29, 0.717) is 0 Å². The quantitative estimate of drug-likeness (QED) is 0.695. The Morgan fingerprint density at radius 3 is 2.09 bits per heavy atom. The van der Waals surface area contributed by atoms with Gasteiger partial charge in [0.25, 0.3) is 0 Å². The van der Waals surface area contributed by atoms with E-state index in [1.165, 1.54) is 18.9 Å². The van der Waals surface area contributed by atoms with Gasteiger partial charge in [0.15, 0.2) is 0 Å². The Kier molecular flexibility index (Phi) is 5.23. The van der Waals surface area contributed by atoms with Gasteiger partial charge in [-0.15, -0.1) is 13.2 Å². The zero-order valence-corrected chi connectivity index (χ0v) is 9.89. The summed E-state index contributed by atoms with van der Waals surface area (Å²) in [4.78, 5) is 0. The van der Waals surface area contributed by atoms with Gasteiger partial charge in [-0.3, -0.25) is 0 Å². The Morgan fingerprint density at radius 1 is 1.18 bits per heavy atom. The summed E-state index contributed by atoms with van der Waals surface area (Å²) in [7, 11) is -1.60. The van der Waals surface area contributed by atoms with Crippen molar-refractivity contribution in [3.05, 3.63) is 24.6 Å². The Labute approximate surface area is 83.9 Å². The summed E-state index contributed by atoms with van der Waals surface area (Å²) in [5.41, 5.74) is 3.97. The molecule has 3 heteroatoms. The number of rotatable bonds is 2. The average molecular weight is 349 g/mol. The second-order valence-electron chi connectivity index (χ2n) is 2.67. The van der Waals surface area contributed by atoms with Gasteiger partial charge >= 0.3 is 0 Å². The van der Waals surface area contributed by atoms with Gasteiger partial charge in [-0.1, -0.05) is 17.8 Å². The van der Waals surface area contributed by atoms with E-state index in [2.05, 4.69) is 13.2 Å². The molecule has 0 N–H and O–H groups in total. The maximum Gasteiger partial charge on any atom is 0.240 e. The first kappa shape index (κ1) is 11.3. The second kappa shape index (κ2) is 5.07. The van der Waals surface area contributed by atoms with Crippen molar-refractivity contribution < 1.29 is 25.5 Å². The van der Waals surface area contributed by atoms with Crippen LogP contribution in [0, 0.1) is 0 Å². The van der Waals surface area contributed by atoms with Crippen molar-refractivity contribution in [2.45, 2.75) is 18.9 Å². The molecule has 0 bridgehead atoms. The average Bonchev–Trinajstić information content (AvgIpc) is 2.06. The Hall–Kier alpha value is 0.345. The standard InChI is InChI=1S/C8H14OSi.Pt/c1-3-10(4-2)8-6-5-7-9-10;/h3-4H,1-2,5-8H2;. The van der Waals surface area contributed by atoms with Crippen molar-refractivity contribution in [1.29, 1.82) is 0 Å². The number of hydrogen-bond acceptors (Lipinski definition) is 1. The zero-order valence-electron chi connectivity index (χ0n) is 6.62. The summed E-state index contributed by atoms with van der Waals surface area (Å²) in [6.07, 6.45) is 2.49. The van der Waals surface area contributed by atoms with Crippen molar-refractivity contribution in [3.8, 4) is 0 Å². The predicted octanol–water partition coefficient (Wildman–Crippen LogP) is 2.19. The van der Waals surface area contributed by atoms with E-state index in [4.69, 9.17) is 4.43 Å². The van der Waals surface area contributed by atoms with Gasteiger partial charge in [-0.05, 0) is 12.5 Å². The molecule has 0 radical (unpaired) electrons. The summed E-state index contributed by atoms with van der Waals surface area (Å²) in [5, 5.41) is 0. The second-order valence-corrected chi connectivity index (χ2v) is 6.18. The molecule has 0 aliphatic carbocycles. The molecule has 1 heterocycles. The molecule has 1 aliphatic heterocycles. The van der Waals surface area contributed by atoms with Crippen LogP contribution in [-0.2, 0) is 25.5 Å². The van der Waals surface area contributed by atoms with Crippen molar-refractivity contribution in [2.75, 3.05) is 6.61 Å². The van der Waals surface area contributed by atoms with E-state index in [1.807, 2.05) is 11.4 Å². The molecule has 0 aromatic carbocycles. The van der Waals surface area contributed by atoms with Crippen LogP contribution in [0.25, 0.3) is 0 Å². The van der Waals surface area contributed by atoms with E-state index >= 15 is 0 Å². The Balaban J connectivity index is 0.000001000. The van der Waals surface area contributed by atoms with E-state index < -0.39 is 8.32 Å². The summed E-state index contributed by atoms with van der Waals surface area (Å²) >= 11 is 0. The molecular weight excluding hydrogens is 335 g/mol. The topological polar surface area (TPSA) is 9.23 Å². The van der Waals surface area contributed by atoms with E-state index in [9.17, 15) is 0 Å². The maximum absolute atomic E-state index is 5.67. The van der Waals surface area contributed by atoms with Crippen LogP contribution in [0.15, 0.2) is 24.6 Å². The molecule has 0 amide bonds. The van der Waals surface area contributed by atoms with Gasteiger partial charge in [0.2, 0.25) is 8.32 Å². The fourth-order valence-electron chi connectivity index (χ4n) is 1.24. The molecule has 0 aromatic rings. The molecule has 0 spiro atoms. The molecule has 66 valence electrons. The number of hydrogen-bond donors (Lipinski definition) is 0. The molecule has 1 rings (SSSR count). The normalized spacial score (nSPS) is 21.5. The largest absolute Gasteiger partial charge is 0.409 e. The third-order valence-corrected chi connectivity index (χ3v) is 5.28. The molecule has 1 aliphatic rings. The van der Waals surface area contributed by atoms with Crippen LogP contribution >= 0.6 is 0 Å². The first-order chi connectivity index (χ1) is 4.83. The van der Waals surface area contributed by atoms with Gasteiger partial charge < -0.3 is 4.43 Å². The molecule has 1 fully saturated rings. The van der Waals surface area contributed by atoms with E-state index in [0.717, 1.165) is 6.61 Å². The van der Waals surface area contributed by atoms with E-state index in [1.54, 1.807) is 0 Å². The first-order valence-corrected chi connectivity index (χ1v) is 6.01. The zero-order chi connectivity index (χ0) is 7.45. The van der Waals surface area contributed by atoms with Crippen molar-refractivity contribution in [1.82, 2.24) is 0 Å². The Morgan fingerprint density at radius 2 is 1.82 bits per heavy atom. The van der Waals surface area contributed by atoms with Crippen LogP contribution in [0.1, 0.15) is 12.8 Å². The Bertz CT molecular complexity index is 131. The van der Waals surface area contributed by atoms with Crippen LogP contribution in [0.3, 0.4) is 0 Å². The third kappa shape index (κ3) is 2.70. The van der Waals surface area contributed by atoms with Crippen molar-refractivity contribution in [3.63, 3.8) is 0 Å². The van der Waals surface area contributed by atoms with Gasteiger partial charge in [0.1, 0.15) is 0 Å². The summed E-state index contributed by atoms with van der Waals surface area (Å²) < 4.78 is 5.67. The first-order valence-electron chi connectivity index (χ1n) is 3.74. The minimum Gasteiger partial charge on any atom is -0.409 e. The minimum atomic E-state index is -1.60. The summed E-state index contributed by atoms with van der Waals surface area (Å²) in [6, 6.07) is 1.18. The molecule has 0 unspecified atom stereocenters. The van der Waals surface area contributed by atoms with Gasteiger partial charge in [-0.25, -0.2) is 0 Å². The van der Waals surface area contributed by atoms with Gasteiger partial charge in [0.05, 0.1) is 0 Å². The van der Waals surface area contributed by atoms with Crippen LogP contribution in [0.2, 0.25) is 6.04 Å². The summed E-state index contributed by atoms with van der Waals surface area (Å²) in [5.74, 6) is 0. The summed E-state index contributed by atoms with van der Waals surface area (Å²) in [6.45, 7) is 8.49. The molecule has 11 heavy (non-hydrogen) atoms. The van der Waals surface area contributed by atoms with Crippen LogP contribution in [0.5, 0.6) is 0 Å². The van der Waals surface area contributed by atoms with E-state index in [-0.39, 0.29) is 21.1 Å². The van der Waals surface area contributed by atoms with Crippen LogP contribution < -0.4 is 0 Å². The van der Waals surface area contributed by atoms with Gasteiger partial charge in [-0.2, -0.15) is 0 Å². The molecule has 0 aromatic heterocycles. The maximum atomic E-state index is 5.67. The molecular formula is C8H14OPtSi. The van der Waals surface area contributed by atoms with Crippen molar-refractivity contribution >= 4 is 8.32 Å².